The molecular formula is C9H17NOS. The molecule has 0 radical (unpaired) electrons. The van der Waals surface area contributed by atoms with Crippen LogP contribution in [0.1, 0.15) is 20.3 Å². The Morgan fingerprint density at radius 3 is 2.83 bits per heavy atom. The molecule has 1 heterocycles. The first-order chi connectivity index (χ1) is 5.79. The Kier molecular flexibility index (Phi) is 3.95. The molecule has 0 amide bonds. The highest BCUT2D eigenvalue weighted by atomic mass is 32.2. The van der Waals surface area contributed by atoms with Gasteiger partial charge in [-0.05, 0) is 18.8 Å². The van der Waals surface area contributed by atoms with Crippen LogP contribution in [-0.4, -0.2) is 30.5 Å². The molecule has 0 N–H and O–H groups in total. The lowest BCUT2D eigenvalue weighted by Crippen LogP contribution is -2.25. The van der Waals surface area contributed by atoms with Gasteiger partial charge in [-0.25, -0.2) is 0 Å². The van der Waals surface area contributed by atoms with E-state index in [4.69, 9.17) is 4.74 Å². The highest BCUT2D eigenvalue weighted by molar-refractivity contribution is 8.02. The Balaban J connectivity index is 2.36. The van der Waals surface area contributed by atoms with Crippen molar-refractivity contribution >= 4 is 11.8 Å². The average Bonchev–Trinajstić information content (AvgIpc) is 2.43. The van der Waals surface area contributed by atoms with Gasteiger partial charge in [0, 0.05) is 19.4 Å². The number of thioether (sulfide) groups is 1. The lowest BCUT2D eigenvalue weighted by atomic mass is 10.4. The summed E-state index contributed by atoms with van der Waals surface area (Å²) < 4.78 is 5.36. The molecule has 1 rings (SSSR count). The second kappa shape index (κ2) is 4.77. The quantitative estimate of drug-likeness (QED) is 0.670. The first-order valence-electron chi connectivity index (χ1n) is 4.44. The van der Waals surface area contributed by atoms with Crippen LogP contribution >= 0.6 is 11.8 Å². The molecule has 70 valence electrons. The minimum Gasteiger partial charge on any atom is -0.376 e. The molecule has 0 aromatic rings. The zero-order valence-corrected chi connectivity index (χ0v) is 8.86. The van der Waals surface area contributed by atoms with Crippen molar-refractivity contribution in [1.29, 1.82) is 0 Å². The Morgan fingerprint density at radius 1 is 1.58 bits per heavy atom. The fraction of sp³-hybridized carbons (Fsp3) is 0.778. The largest absolute Gasteiger partial charge is 0.376 e. The molecular weight excluding hydrogens is 170 g/mol. The maximum absolute atomic E-state index is 5.36. The van der Waals surface area contributed by atoms with Crippen molar-refractivity contribution in [3.8, 4) is 0 Å². The molecule has 1 aliphatic heterocycles. The monoisotopic (exact) mass is 187 g/mol. The second-order valence-corrected chi connectivity index (χ2v) is 3.91. The van der Waals surface area contributed by atoms with Crippen molar-refractivity contribution < 1.29 is 4.74 Å². The molecule has 0 saturated carbocycles. The van der Waals surface area contributed by atoms with Gasteiger partial charge < -0.3 is 9.64 Å². The SMILES string of the molecule is CCOCC1=CSC(CC)N1C. The maximum atomic E-state index is 5.36. The van der Waals surface area contributed by atoms with Crippen LogP contribution in [0.5, 0.6) is 0 Å². The zero-order valence-electron chi connectivity index (χ0n) is 8.04. The van der Waals surface area contributed by atoms with Gasteiger partial charge in [-0.3, -0.25) is 0 Å². The van der Waals surface area contributed by atoms with E-state index in [2.05, 4.69) is 24.3 Å². The molecule has 2 nitrogen and oxygen atoms in total. The Labute approximate surface area is 79.0 Å². The van der Waals surface area contributed by atoms with Crippen LogP contribution < -0.4 is 0 Å². The third-order valence-electron chi connectivity index (χ3n) is 2.05. The third-order valence-corrected chi connectivity index (χ3v) is 3.42. The highest BCUT2D eigenvalue weighted by Gasteiger charge is 2.20. The summed E-state index contributed by atoms with van der Waals surface area (Å²) >= 11 is 1.89. The van der Waals surface area contributed by atoms with Crippen LogP contribution in [0.25, 0.3) is 0 Å². The lowest BCUT2D eigenvalue weighted by molar-refractivity contribution is 0.150. The topological polar surface area (TPSA) is 12.5 Å². The Morgan fingerprint density at radius 2 is 2.33 bits per heavy atom. The van der Waals surface area contributed by atoms with Gasteiger partial charge in [0.25, 0.3) is 0 Å². The molecule has 1 atom stereocenters. The molecule has 0 fully saturated rings. The minimum atomic E-state index is 0.625. The molecule has 0 saturated heterocycles. The number of hydrogen-bond acceptors (Lipinski definition) is 3. The summed E-state index contributed by atoms with van der Waals surface area (Å²) in [5.41, 5.74) is 1.31. The summed E-state index contributed by atoms with van der Waals surface area (Å²) in [6, 6.07) is 0. The third kappa shape index (κ3) is 2.17. The van der Waals surface area contributed by atoms with E-state index in [0.29, 0.717) is 5.37 Å². The van der Waals surface area contributed by atoms with Gasteiger partial charge in [0.15, 0.2) is 0 Å². The Hall–Kier alpha value is -0.150. The van der Waals surface area contributed by atoms with Crippen molar-refractivity contribution in [2.24, 2.45) is 0 Å². The second-order valence-electron chi connectivity index (χ2n) is 2.86. The zero-order chi connectivity index (χ0) is 8.97. The lowest BCUT2D eigenvalue weighted by Gasteiger charge is -2.22. The van der Waals surface area contributed by atoms with E-state index in [1.165, 1.54) is 12.1 Å². The van der Waals surface area contributed by atoms with E-state index in [-0.39, 0.29) is 0 Å². The minimum absolute atomic E-state index is 0.625. The summed E-state index contributed by atoms with van der Waals surface area (Å²) in [6.45, 7) is 5.80. The summed E-state index contributed by atoms with van der Waals surface area (Å²) in [5, 5.41) is 2.84. The molecule has 0 aliphatic carbocycles. The van der Waals surface area contributed by atoms with E-state index in [1.807, 2.05) is 18.7 Å². The van der Waals surface area contributed by atoms with E-state index >= 15 is 0 Å². The van der Waals surface area contributed by atoms with E-state index in [9.17, 15) is 0 Å². The first kappa shape index (κ1) is 9.93. The van der Waals surface area contributed by atoms with Gasteiger partial charge in [-0.15, -0.1) is 11.8 Å². The van der Waals surface area contributed by atoms with Crippen LogP contribution in [-0.2, 0) is 4.74 Å². The molecule has 0 aromatic heterocycles. The normalized spacial score (nSPS) is 23.1. The number of rotatable bonds is 4. The number of likely N-dealkylation sites (N-methyl/N-ethyl adjacent to an activating group) is 1. The van der Waals surface area contributed by atoms with Crippen molar-refractivity contribution in [2.45, 2.75) is 25.6 Å². The van der Waals surface area contributed by atoms with Crippen molar-refractivity contribution in [3.05, 3.63) is 11.1 Å². The molecule has 0 spiro atoms. The van der Waals surface area contributed by atoms with E-state index < -0.39 is 0 Å². The number of hydrogen-bond donors (Lipinski definition) is 0. The summed E-state index contributed by atoms with van der Waals surface area (Å²) in [6.07, 6.45) is 1.19. The number of nitrogens with zero attached hydrogens (tertiary/aromatic N) is 1. The smallest absolute Gasteiger partial charge is 0.0869 e. The average molecular weight is 187 g/mol. The highest BCUT2D eigenvalue weighted by Crippen LogP contribution is 2.30. The van der Waals surface area contributed by atoms with Gasteiger partial charge in [-0.2, -0.15) is 0 Å². The maximum Gasteiger partial charge on any atom is 0.0869 e. The van der Waals surface area contributed by atoms with Crippen LogP contribution in [0, 0.1) is 0 Å². The van der Waals surface area contributed by atoms with Crippen molar-refractivity contribution in [2.75, 3.05) is 20.3 Å². The number of ether oxygens (including phenoxy) is 1. The van der Waals surface area contributed by atoms with E-state index in [0.717, 1.165) is 13.2 Å². The molecule has 1 unspecified atom stereocenters. The summed E-state index contributed by atoms with van der Waals surface area (Å²) in [7, 11) is 2.14. The van der Waals surface area contributed by atoms with Crippen LogP contribution in [0.2, 0.25) is 0 Å². The summed E-state index contributed by atoms with van der Waals surface area (Å²) in [5.74, 6) is 0. The molecule has 12 heavy (non-hydrogen) atoms. The molecule has 1 aliphatic rings. The predicted octanol–water partition coefficient (Wildman–Crippen LogP) is 2.28. The van der Waals surface area contributed by atoms with Gasteiger partial charge in [0.1, 0.15) is 0 Å². The fourth-order valence-electron chi connectivity index (χ4n) is 1.23. The van der Waals surface area contributed by atoms with Gasteiger partial charge in [-0.1, -0.05) is 6.92 Å². The Bertz CT molecular complexity index is 170. The van der Waals surface area contributed by atoms with Gasteiger partial charge in [0.05, 0.1) is 12.0 Å². The summed E-state index contributed by atoms with van der Waals surface area (Å²) in [4.78, 5) is 2.31. The first-order valence-corrected chi connectivity index (χ1v) is 5.39. The van der Waals surface area contributed by atoms with Crippen LogP contribution in [0.3, 0.4) is 0 Å². The standard InChI is InChI=1S/C9H17NOS/c1-4-9-10(3)8(7-12-9)6-11-5-2/h7,9H,4-6H2,1-3H3. The molecule has 0 aromatic carbocycles. The van der Waals surface area contributed by atoms with Crippen molar-refractivity contribution in [1.82, 2.24) is 4.90 Å². The van der Waals surface area contributed by atoms with Gasteiger partial charge in [0.2, 0.25) is 0 Å². The van der Waals surface area contributed by atoms with Gasteiger partial charge >= 0.3 is 0 Å². The fourth-order valence-corrected chi connectivity index (χ4v) is 2.29. The predicted molar refractivity (Wildman–Crippen MR) is 54.0 cm³/mol. The molecule has 0 bridgehead atoms. The van der Waals surface area contributed by atoms with Crippen molar-refractivity contribution in [3.63, 3.8) is 0 Å². The molecule has 3 heteroatoms. The van der Waals surface area contributed by atoms with E-state index in [1.54, 1.807) is 0 Å². The van der Waals surface area contributed by atoms with Crippen LogP contribution in [0.4, 0.5) is 0 Å². The van der Waals surface area contributed by atoms with Crippen LogP contribution in [0.15, 0.2) is 11.1 Å².